The SMILES string of the molecule is CCNC(c1cc(Br)cc(Br)c1)c1cc(Cl)sc1Cl. The molecule has 0 fully saturated rings. The Morgan fingerprint density at radius 1 is 1.16 bits per heavy atom. The van der Waals surface area contributed by atoms with Gasteiger partial charge in [-0.15, -0.1) is 11.3 Å². The molecular weight excluding hydrogens is 433 g/mol. The lowest BCUT2D eigenvalue weighted by Crippen LogP contribution is -2.21. The summed E-state index contributed by atoms with van der Waals surface area (Å²) in [4.78, 5) is 0. The number of thiophene rings is 1. The zero-order chi connectivity index (χ0) is 14.0. The van der Waals surface area contributed by atoms with Crippen LogP contribution in [0.5, 0.6) is 0 Å². The predicted octanol–water partition coefficient (Wildman–Crippen LogP) is 6.28. The third-order valence-corrected chi connectivity index (χ3v) is 5.05. The van der Waals surface area contributed by atoms with Crippen molar-refractivity contribution in [1.29, 1.82) is 0 Å². The first-order chi connectivity index (χ1) is 9.01. The van der Waals surface area contributed by atoms with Gasteiger partial charge in [-0.05, 0) is 36.4 Å². The fraction of sp³-hybridized carbons (Fsp3) is 0.231. The molecule has 0 saturated heterocycles. The zero-order valence-electron chi connectivity index (χ0n) is 10.0. The molecule has 2 aromatic rings. The summed E-state index contributed by atoms with van der Waals surface area (Å²) in [5, 5.41) is 3.45. The van der Waals surface area contributed by atoms with E-state index in [0.29, 0.717) is 4.34 Å². The Labute approximate surface area is 143 Å². The van der Waals surface area contributed by atoms with Crippen LogP contribution in [-0.2, 0) is 0 Å². The van der Waals surface area contributed by atoms with Gasteiger partial charge < -0.3 is 5.32 Å². The molecule has 1 aromatic heterocycles. The van der Waals surface area contributed by atoms with Crippen molar-refractivity contribution < 1.29 is 0 Å². The highest BCUT2D eigenvalue weighted by atomic mass is 79.9. The molecule has 0 saturated carbocycles. The molecule has 0 aliphatic carbocycles. The van der Waals surface area contributed by atoms with E-state index in [0.717, 1.165) is 31.0 Å². The van der Waals surface area contributed by atoms with Gasteiger partial charge in [0, 0.05) is 14.5 Å². The first-order valence-corrected chi connectivity index (χ1v) is 8.81. The Kier molecular flexibility index (Phi) is 5.76. The minimum absolute atomic E-state index is 0.0371. The van der Waals surface area contributed by atoms with Gasteiger partial charge in [0.2, 0.25) is 0 Å². The maximum Gasteiger partial charge on any atom is 0.0995 e. The van der Waals surface area contributed by atoms with E-state index >= 15 is 0 Å². The average Bonchev–Trinajstić information content (AvgIpc) is 2.64. The lowest BCUT2D eigenvalue weighted by molar-refractivity contribution is 0.632. The number of halogens is 4. The molecular formula is C13H11Br2Cl2NS. The summed E-state index contributed by atoms with van der Waals surface area (Å²) in [6.45, 7) is 2.92. The lowest BCUT2D eigenvalue weighted by atomic mass is 10.0. The molecule has 102 valence electrons. The van der Waals surface area contributed by atoms with Crippen molar-refractivity contribution in [3.8, 4) is 0 Å². The minimum Gasteiger partial charge on any atom is -0.306 e. The molecule has 1 heterocycles. The highest BCUT2D eigenvalue weighted by Gasteiger charge is 2.19. The maximum absolute atomic E-state index is 6.28. The fourth-order valence-electron chi connectivity index (χ4n) is 1.90. The van der Waals surface area contributed by atoms with Gasteiger partial charge in [-0.25, -0.2) is 0 Å². The van der Waals surface area contributed by atoms with Crippen LogP contribution in [0.4, 0.5) is 0 Å². The second kappa shape index (κ2) is 6.92. The maximum atomic E-state index is 6.28. The monoisotopic (exact) mass is 441 g/mol. The standard InChI is InChI=1S/C13H11Br2Cl2NS/c1-2-18-12(10-6-11(16)19-13(10)17)7-3-8(14)5-9(15)4-7/h3-6,12,18H,2H2,1H3. The van der Waals surface area contributed by atoms with E-state index in [1.165, 1.54) is 11.3 Å². The summed E-state index contributed by atoms with van der Waals surface area (Å²) >= 11 is 20.7. The highest BCUT2D eigenvalue weighted by Crippen LogP contribution is 2.38. The third kappa shape index (κ3) is 3.96. The lowest BCUT2D eigenvalue weighted by Gasteiger charge is -2.18. The van der Waals surface area contributed by atoms with Gasteiger partial charge in [0.1, 0.15) is 0 Å². The van der Waals surface area contributed by atoms with Gasteiger partial charge >= 0.3 is 0 Å². The van der Waals surface area contributed by atoms with Crippen molar-refractivity contribution in [2.45, 2.75) is 13.0 Å². The van der Waals surface area contributed by atoms with E-state index in [4.69, 9.17) is 23.2 Å². The zero-order valence-corrected chi connectivity index (χ0v) is 15.5. The van der Waals surface area contributed by atoms with Crippen molar-refractivity contribution >= 4 is 66.4 Å². The van der Waals surface area contributed by atoms with Crippen LogP contribution in [0.1, 0.15) is 24.1 Å². The molecule has 0 radical (unpaired) electrons. The van der Waals surface area contributed by atoms with Crippen LogP contribution in [0.25, 0.3) is 0 Å². The number of hydrogen-bond donors (Lipinski definition) is 1. The smallest absolute Gasteiger partial charge is 0.0995 e. The topological polar surface area (TPSA) is 12.0 Å². The summed E-state index contributed by atoms with van der Waals surface area (Å²) in [5.74, 6) is 0. The molecule has 2 rings (SSSR count). The molecule has 0 bridgehead atoms. The molecule has 0 amide bonds. The predicted molar refractivity (Wildman–Crippen MR) is 91.7 cm³/mol. The van der Waals surface area contributed by atoms with Crippen molar-refractivity contribution in [2.24, 2.45) is 0 Å². The molecule has 1 N–H and O–H groups in total. The number of rotatable bonds is 4. The highest BCUT2D eigenvalue weighted by molar-refractivity contribution is 9.11. The van der Waals surface area contributed by atoms with E-state index < -0.39 is 0 Å². The van der Waals surface area contributed by atoms with Crippen LogP contribution in [-0.4, -0.2) is 6.54 Å². The molecule has 0 spiro atoms. The molecule has 6 heteroatoms. The van der Waals surface area contributed by atoms with Crippen LogP contribution in [0.2, 0.25) is 8.67 Å². The average molecular weight is 444 g/mol. The Hall–Kier alpha value is 0.420. The summed E-state index contributed by atoms with van der Waals surface area (Å²) in [5.41, 5.74) is 2.16. The van der Waals surface area contributed by atoms with Crippen molar-refractivity contribution in [1.82, 2.24) is 5.32 Å². The first kappa shape index (κ1) is 15.8. The van der Waals surface area contributed by atoms with Crippen LogP contribution >= 0.6 is 66.4 Å². The Morgan fingerprint density at radius 3 is 2.26 bits per heavy atom. The second-order valence-electron chi connectivity index (χ2n) is 3.97. The number of hydrogen-bond acceptors (Lipinski definition) is 2. The Balaban J connectivity index is 2.47. The number of benzene rings is 1. The number of nitrogens with one attached hydrogen (secondary N) is 1. The van der Waals surface area contributed by atoms with Gasteiger partial charge in [0.15, 0.2) is 0 Å². The normalized spacial score (nSPS) is 12.7. The largest absolute Gasteiger partial charge is 0.306 e. The van der Waals surface area contributed by atoms with Crippen molar-refractivity contribution in [3.05, 3.63) is 53.0 Å². The fourth-order valence-corrected chi connectivity index (χ4v) is 4.76. The van der Waals surface area contributed by atoms with Crippen LogP contribution < -0.4 is 5.32 Å². The van der Waals surface area contributed by atoms with E-state index in [9.17, 15) is 0 Å². The van der Waals surface area contributed by atoms with Gasteiger partial charge in [0.05, 0.1) is 14.7 Å². The molecule has 1 unspecified atom stereocenters. The van der Waals surface area contributed by atoms with Crippen molar-refractivity contribution in [2.75, 3.05) is 6.54 Å². The molecule has 1 nitrogen and oxygen atoms in total. The van der Waals surface area contributed by atoms with E-state index in [-0.39, 0.29) is 6.04 Å². The summed E-state index contributed by atoms with van der Waals surface area (Å²) in [6.07, 6.45) is 0. The van der Waals surface area contributed by atoms with E-state index in [1.54, 1.807) is 0 Å². The third-order valence-electron chi connectivity index (χ3n) is 2.62. The summed E-state index contributed by atoms with van der Waals surface area (Å²) < 4.78 is 3.48. The van der Waals surface area contributed by atoms with Gasteiger partial charge in [-0.2, -0.15) is 0 Å². The molecule has 0 aliphatic heterocycles. The van der Waals surface area contributed by atoms with Crippen LogP contribution in [0, 0.1) is 0 Å². The molecule has 19 heavy (non-hydrogen) atoms. The summed E-state index contributed by atoms with van der Waals surface area (Å²) in [6, 6.07) is 8.14. The molecule has 1 atom stereocenters. The second-order valence-corrected chi connectivity index (χ2v) is 8.09. The van der Waals surface area contributed by atoms with E-state index in [1.807, 2.05) is 12.1 Å². The molecule has 1 aromatic carbocycles. The van der Waals surface area contributed by atoms with Crippen LogP contribution in [0.15, 0.2) is 33.2 Å². The Morgan fingerprint density at radius 2 is 1.79 bits per heavy atom. The van der Waals surface area contributed by atoms with Gasteiger partial charge in [-0.1, -0.05) is 62.0 Å². The van der Waals surface area contributed by atoms with E-state index in [2.05, 4.69) is 56.2 Å². The van der Waals surface area contributed by atoms with Gasteiger partial charge in [-0.3, -0.25) is 0 Å². The Bertz CT molecular complexity index is 566. The minimum atomic E-state index is 0.0371. The van der Waals surface area contributed by atoms with Crippen LogP contribution in [0.3, 0.4) is 0 Å². The first-order valence-electron chi connectivity index (χ1n) is 5.65. The summed E-state index contributed by atoms with van der Waals surface area (Å²) in [7, 11) is 0. The quantitative estimate of drug-likeness (QED) is 0.586. The molecule has 0 aliphatic rings. The van der Waals surface area contributed by atoms with Gasteiger partial charge in [0.25, 0.3) is 0 Å². The van der Waals surface area contributed by atoms with Crippen molar-refractivity contribution in [3.63, 3.8) is 0 Å².